The Morgan fingerprint density at radius 3 is 1.37 bits per heavy atom. The molecule has 0 heterocycles. The third-order valence-electron chi connectivity index (χ3n) is 9.77. The number of aliphatic carboxylic acids is 1. The van der Waals surface area contributed by atoms with E-state index in [-0.39, 0.29) is 32.2 Å². The summed E-state index contributed by atoms with van der Waals surface area (Å²) in [6.07, 6.45) is 35.7. The SMILES string of the molecule is CCCCCCCCCC/C=C\CCCCCCCCCCCC(=O)OC(COC(=O)CCCCCCCCCC)COC(OCC[N+](C)(C)C)C(=O)O. The molecule has 2 atom stereocenters. The van der Waals surface area contributed by atoms with Crippen LogP contribution < -0.4 is 0 Å². The van der Waals surface area contributed by atoms with Crippen LogP contribution in [0.25, 0.3) is 0 Å². The molecule has 0 saturated heterocycles. The van der Waals surface area contributed by atoms with Crippen molar-refractivity contribution in [1.29, 1.82) is 0 Å². The van der Waals surface area contributed by atoms with E-state index in [1.54, 1.807) is 0 Å². The number of carboxylic acids is 1. The van der Waals surface area contributed by atoms with Crippen molar-refractivity contribution < 1.29 is 42.9 Å². The number of nitrogens with zero attached hydrogens (tertiary/aromatic N) is 1. The number of hydrogen-bond donors (Lipinski definition) is 1. The van der Waals surface area contributed by atoms with Crippen molar-refractivity contribution in [3.8, 4) is 0 Å². The van der Waals surface area contributed by atoms with Crippen LogP contribution in [-0.4, -0.2) is 87.4 Å². The van der Waals surface area contributed by atoms with Crippen LogP contribution in [0.15, 0.2) is 12.2 Å². The molecule has 9 heteroatoms. The largest absolute Gasteiger partial charge is 0.477 e. The Kier molecular flexibility index (Phi) is 36.5. The molecule has 0 aromatic carbocycles. The lowest BCUT2D eigenvalue weighted by molar-refractivity contribution is -0.870. The summed E-state index contributed by atoms with van der Waals surface area (Å²) in [5.74, 6) is -2.01. The van der Waals surface area contributed by atoms with Gasteiger partial charge in [0.2, 0.25) is 0 Å². The van der Waals surface area contributed by atoms with Crippen LogP contribution in [0, 0.1) is 0 Å². The van der Waals surface area contributed by atoms with Crippen LogP contribution in [0.5, 0.6) is 0 Å². The van der Waals surface area contributed by atoms with Crippen molar-refractivity contribution in [2.45, 2.75) is 212 Å². The first-order chi connectivity index (χ1) is 26.1. The van der Waals surface area contributed by atoms with Crippen molar-refractivity contribution in [2.75, 3.05) is 47.5 Å². The topological polar surface area (TPSA) is 108 Å². The maximum Gasteiger partial charge on any atom is 0.361 e. The molecule has 318 valence electrons. The van der Waals surface area contributed by atoms with Crippen molar-refractivity contribution in [3.05, 3.63) is 12.2 Å². The molecule has 9 nitrogen and oxygen atoms in total. The molecule has 0 aliphatic carbocycles. The number of likely N-dealkylation sites (N-methyl/N-ethyl adjacent to an activating group) is 1. The summed E-state index contributed by atoms with van der Waals surface area (Å²) < 4.78 is 22.7. The van der Waals surface area contributed by atoms with Gasteiger partial charge in [-0.15, -0.1) is 0 Å². The molecule has 0 bridgehead atoms. The van der Waals surface area contributed by atoms with Gasteiger partial charge in [0, 0.05) is 12.8 Å². The number of carboxylic acid groups (broad SMARTS) is 1. The molecule has 2 unspecified atom stereocenters. The first kappa shape index (κ1) is 52.0. The summed E-state index contributed by atoms with van der Waals surface area (Å²) in [7, 11) is 5.95. The Hall–Kier alpha value is -1.97. The zero-order valence-electron chi connectivity index (χ0n) is 35.9. The van der Waals surface area contributed by atoms with Gasteiger partial charge in [-0.2, -0.15) is 0 Å². The van der Waals surface area contributed by atoms with Gasteiger partial charge in [0.1, 0.15) is 13.2 Å². The molecule has 0 amide bonds. The molecule has 0 rings (SSSR count). The Bertz CT molecular complexity index is 903. The van der Waals surface area contributed by atoms with Gasteiger partial charge in [0.25, 0.3) is 6.29 Å². The highest BCUT2D eigenvalue weighted by Crippen LogP contribution is 2.15. The monoisotopic (exact) mass is 769 g/mol. The number of rotatable bonds is 41. The number of hydrogen-bond acceptors (Lipinski definition) is 7. The number of quaternary nitrogens is 1. The molecule has 0 spiro atoms. The minimum absolute atomic E-state index is 0.178. The molecule has 1 N–H and O–H groups in total. The van der Waals surface area contributed by atoms with Crippen molar-refractivity contribution in [1.82, 2.24) is 0 Å². The van der Waals surface area contributed by atoms with Crippen LogP contribution >= 0.6 is 0 Å². The highest BCUT2D eigenvalue weighted by atomic mass is 16.7. The van der Waals surface area contributed by atoms with Crippen LogP contribution in [0.1, 0.15) is 200 Å². The zero-order chi connectivity index (χ0) is 40.0. The molecular weight excluding hydrogens is 682 g/mol. The van der Waals surface area contributed by atoms with E-state index in [2.05, 4.69) is 26.0 Å². The van der Waals surface area contributed by atoms with Gasteiger partial charge in [-0.1, -0.05) is 161 Å². The van der Waals surface area contributed by atoms with Gasteiger partial charge in [-0.25, -0.2) is 4.79 Å². The second-order valence-electron chi connectivity index (χ2n) is 16.4. The van der Waals surface area contributed by atoms with Crippen LogP contribution in [0.4, 0.5) is 0 Å². The number of unbranched alkanes of at least 4 members (excludes halogenated alkanes) is 24. The molecule has 54 heavy (non-hydrogen) atoms. The standard InChI is InChI=1S/C45H85NO8/c1-6-8-10-12-14-16-17-18-19-20-21-22-23-24-25-26-27-28-30-32-34-36-43(48)54-41(40-53-45(44(49)50)51-38-37-46(3,4)5)39-52-42(47)35-33-31-29-15-13-11-9-7-2/h20-21,41,45H,6-19,22-40H2,1-5H3/p+1/b21-20-. The van der Waals surface area contributed by atoms with E-state index >= 15 is 0 Å². The van der Waals surface area contributed by atoms with E-state index in [9.17, 15) is 19.5 Å². The summed E-state index contributed by atoms with van der Waals surface area (Å²) in [4.78, 5) is 36.9. The second-order valence-corrected chi connectivity index (χ2v) is 16.4. The Balaban J connectivity index is 4.29. The van der Waals surface area contributed by atoms with Gasteiger partial charge in [0.15, 0.2) is 6.10 Å². The van der Waals surface area contributed by atoms with Crippen LogP contribution in [-0.2, 0) is 33.3 Å². The zero-order valence-corrected chi connectivity index (χ0v) is 35.9. The highest BCUT2D eigenvalue weighted by Gasteiger charge is 2.25. The number of esters is 2. The molecule has 0 radical (unpaired) electrons. The van der Waals surface area contributed by atoms with E-state index in [0.717, 1.165) is 38.5 Å². The summed E-state index contributed by atoms with van der Waals surface area (Å²) in [6, 6.07) is 0. The number of carbonyl (C=O) groups is 3. The molecule has 0 fully saturated rings. The quantitative estimate of drug-likeness (QED) is 0.0215. The minimum atomic E-state index is -1.50. The van der Waals surface area contributed by atoms with Crippen molar-refractivity contribution >= 4 is 17.9 Å². The van der Waals surface area contributed by atoms with Crippen LogP contribution in [0.2, 0.25) is 0 Å². The van der Waals surface area contributed by atoms with E-state index in [1.807, 2.05) is 21.1 Å². The lowest BCUT2D eigenvalue weighted by Crippen LogP contribution is -2.40. The fourth-order valence-corrected chi connectivity index (χ4v) is 6.24. The number of allylic oxidation sites excluding steroid dienone is 2. The fourth-order valence-electron chi connectivity index (χ4n) is 6.24. The molecular formula is C45H86NO8+. The van der Waals surface area contributed by atoms with Gasteiger partial charge in [-0.3, -0.25) is 9.59 Å². The van der Waals surface area contributed by atoms with Gasteiger partial charge in [0.05, 0.1) is 34.4 Å². The van der Waals surface area contributed by atoms with E-state index in [4.69, 9.17) is 18.9 Å². The Morgan fingerprint density at radius 2 is 0.944 bits per heavy atom. The Morgan fingerprint density at radius 1 is 0.537 bits per heavy atom. The third kappa shape index (κ3) is 38.3. The van der Waals surface area contributed by atoms with E-state index in [1.165, 1.54) is 135 Å². The fraction of sp³-hybridized carbons (Fsp3) is 0.889. The van der Waals surface area contributed by atoms with Crippen LogP contribution in [0.3, 0.4) is 0 Å². The average Bonchev–Trinajstić information content (AvgIpc) is 3.12. The molecule has 0 aliphatic rings. The summed E-state index contributed by atoms with van der Waals surface area (Å²) in [5.41, 5.74) is 0. The predicted octanol–water partition coefficient (Wildman–Crippen LogP) is 11.5. The lowest BCUT2D eigenvalue weighted by Gasteiger charge is -2.25. The van der Waals surface area contributed by atoms with Gasteiger partial charge >= 0.3 is 17.9 Å². The Labute approximate surface area is 332 Å². The highest BCUT2D eigenvalue weighted by molar-refractivity contribution is 5.71. The lowest BCUT2D eigenvalue weighted by atomic mass is 10.1. The average molecular weight is 769 g/mol. The first-order valence-electron chi connectivity index (χ1n) is 22.4. The normalized spacial score (nSPS) is 13.0. The van der Waals surface area contributed by atoms with E-state index in [0.29, 0.717) is 17.4 Å². The maximum absolute atomic E-state index is 12.7. The summed E-state index contributed by atoms with van der Waals surface area (Å²) >= 11 is 0. The molecule has 0 aromatic heterocycles. The molecule has 0 aromatic rings. The van der Waals surface area contributed by atoms with E-state index < -0.39 is 24.3 Å². The van der Waals surface area contributed by atoms with Crippen molar-refractivity contribution in [3.63, 3.8) is 0 Å². The smallest absolute Gasteiger partial charge is 0.361 e. The second kappa shape index (κ2) is 37.9. The predicted molar refractivity (Wildman–Crippen MR) is 221 cm³/mol. The summed E-state index contributed by atoms with van der Waals surface area (Å²) in [5, 5.41) is 9.60. The minimum Gasteiger partial charge on any atom is -0.477 e. The van der Waals surface area contributed by atoms with Gasteiger partial charge in [-0.05, 0) is 38.5 Å². The first-order valence-corrected chi connectivity index (χ1v) is 22.4. The van der Waals surface area contributed by atoms with Gasteiger partial charge < -0.3 is 28.5 Å². The molecule has 0 saturated carbocycles. The third-order valence-corrected chi connectivity index (χ3v) is 9.77. The molecule has 0 aliphatic heterocycles. The summed E-state index contributed by atoms with van der Waals surface area (Å²) in [6.45, 7) is 4.84. The number of carbonyl (C=O) groups excluding carboxylic acids is 2. The number of ether oxygens (including phenoxy) is 4. The van der Waals surface area contributed by atoms with Crippen molar-refractivity contribution in [2.24, 2.45) is 0 Å². The maximum atomic E-state index is 12.7.